The predicted octanol–water partition coefficient (Wildman–Crippen LogP) is 4.99. The van der Waals surface area contributed by atoms with Gasteiger partial charge in [0.25, 0.3) is 11.8 Å². The number of anilines is 2. The second-order valence-electron chi connectivity index (χ2n) is 17.8. The molecule has 19 nitrogen and oxygen atoms in total. The van der Waals surface area contributed by atoms with E-state index in [0.29, 0.717) is 62.8 Å². The number of carbonyl (C=O) groups is 5. The summed E-state index contributed by atoms with van der Waals surface area (Å²) in [6, 6.07) is 9.56. The third-order valence-corrected chi connectivity index (χ3v) is 15.3. The molecule has 7 heterocycles. The summed E-state index contributed by atoms with van der Waals surface area (Å²) in [7, 11) is -2.89. The van der Waals surface area contributed by atoms with Gasteiger partial charge in [0.1, 0.15) is 17.5 Å². The van der Waals surface area contributed by atoms with Gasteiger partial charge in [-0.05, 0) is 63.3 Å². The van der Waals surface area contributed by atoms with Crippen LogP contribution in [0.4, 0.5) is 11.5 Å². The summed E-state index contributed by atoms with van der Waals surface area (Å²) in [5, 5.41) is 14.4. The van der Waals surface area contributed by atoms with Crippen LogP contribution >= 0.6 is 0 Å². The summed E-state index contributed by atoms with van der Waals surface area (Å²) >= 11 is 0. The number of rotatable bonds is 18. The van der Waals surface area contributed by atoms with Gasteiger partial charge in [0.05, 0.1) is 61.9 Å². The summed E-state index contributed by atoms with van der Waals surface area (Å²) in [4.78, 5) is 81.5. The van der Waals surface area contributed by atoms with Gasteiger partial charge in [0, 0.05) is 80.8 Å². The molecule has 3 aliphatic heterocycles. The Kier molecular flexibility index (Phi) is 12.5. The fourth-order valence-corrected chi connectivity index (χ4v) is 10.7. The second kappa shape index (κ2) is 18.5. The number of unbranched alkanes of at least 4 members (excludes halogenated alkanes) is 5. The number of morpholine rings is 1. The normalized spacial score (nSPS) is 20.1. The average molecular weight is 919 g/mol. The number of aryl methyl sites for hydroxylation is 3. The summed E-state index contributed by atoms with van der Waals surface area (Å²) in [6.07, 6.45) is 15.3. The van der Waals surface area contributed by atoms with Gasteiger partial charge in [-0.3, -0.25) is 43.7 Å². The van der Waals surface area contributed by atoms with Crippen molar-refractivity contribution in [3.05, 3.63) is 77.5 Å². The molecule has 3 atom stereocenters. The zero-order valence-corrected chi connectivity index (χ0v) is 38.0. The number of imide groups is 2. The van der Waals surface area contributed by atoms with Gasteiger partial charge in [-0.1, -0.05) is 37.0 Å². The first-order valence-corrected chi connectivity index (χ1v) is 24.7. The van der Waals surface area contributed by atoms with Gasteiger partial charge < -0.3 is 19.5 Å². The lowest BCUT2D eigenvalue weighted by Gasteiger charge is -2.35. The summed E-state index contributed by atoms with van der Waals surface area (Å²) in [6.45, 7) is 5.53. The van der Waals surface area contributed by atoms with Crippen molar-refractivity contribution in [3.63, 3.8) is 0 Å². The Bertz CT molecular complexity index is 2840. The van der Waals surface area contributed by atoms with Crippen LogP contribution in [0.5, 0.6) is 0 Å². The predicted molar refractivity (Wildman–Crippen MR) is 244 cm³/mol. The molecule has 66 heavy (non-hydrogen) atoms. The van der Waals surface area contributed by atoms with Crippen LogP contribution in [0.1, 0.15) is 110 Å². The fourth-order valence-electron chi connectivity index (χ4n) is 9.33. The highest BCUT2D eigenvalue weighted by molar-refractivity contribution is 7.93. The monoisotopic (exact) mass is 918 g/mol. The van der Waals surface area contributed by atoms with Crippen LogP contribution < -0.4 is 15.5 Å². The molecule has 2 unspecified atom stereocenters. The number of pyridine rings is 1. The lowest BCUT2D eigenvalue weighted by Crippen LogP contribution is -2.54. The third-order valence-electron chi connectivity index (χ3n) is 13.2. The molecule has 5 amide bonds. The van der Waals surface area contributed by atoms with Crippen molar-refractivity contribution < 1.29 is 32.9 Å². The van der Waals surface area contributed by atoms with Crippen LogP contribution in [0, 0.1) is 4.78 Å². The number of amides is 5. The summed E-state index contributed by atoms with van der Waals surface area (Å²) < 4.78 is 30.7. The lowest BCUT2D eigenvalue weighted by atomic mass is 10.0. The molecule has 1 aromatic carbocycles. The molecule has 0 spiro atoms. The van der Waals surface area contributed by atoms with E-state index in [4.69, 9.17) is 24.5 Å². The van der Waals surface area contributed by atoms with Crippen molar-refractivity contribution in [2.75, 3.05) is 36.2 Å². The molecular weight excluding hydrogens is 865 g/mol. The molecule has 1 saturated carbocycles. The van der Waals surface area contributed by atoms with Gasteiger partial charge in [-0.25, -0.2) is 19.2 Å². The van der Waals surface area contributed by atoms with E-state index in [-0.39, 0.29) is 48.0 Å². The molecule has 0 radical (unpaired) electrons. The Hall–Kier alpha value is -6.41. The summed E-state index contributed by atoms with van der Waals surface area (Å²) in [5.41, 5.74) is 3.38. The molecule has 3 N–H and O–H groups in total. The topological polar surface area (TPSA) is 240 Å². The zero-order chi connectivity index (χ0) is 46.2. The number of hydrogen-bond acceptors (Lipinski definition) is 14. The van der Waals surface area contributed by atoms with E-state index in [1.807, 2.05) is 18.3 Å². The maximum absolute atomic E-state index is 13.4. The first-order valence-electron chi connectivity index (χ1n) is 22.8. The Morgan fingerprint density at radius 2 is 1.79 bits per heavy atom. The van der Waals surface area contributed by atoms with Crippen LogP contribution in [0.3, 0.4) is 0 Å². The van der Waals surface area contributed by atoms with E-state index in [2.05, 4.69) is 49.6 Å². The number of carbonyl (C=O) groups excluding carboxylic acids is 5. The molecule has 346 valence electrons. The maximum atomic E-state index is 13.4. The zero-order valence-electron chi connectivity index (χ0n) is 37.2. The molecule has 4 aliphatic rings. The van der Waals surface area contributed by atoms with Gasteiger partial charge in [-0.15, -0.1) is 5.10 Å². The van der Waals surface area contributed by atoms with Crippen molar-refractivity contribution in [1.29, 1.82) is 4.78 Å². The van der Waals surface area contributed by atoms with E-state index in [1.54, 1.807) is 23.0 Å². The fraction of sp³-hybridized carbons (Fsp3) is 0.478. The van der Waals surface area contributed by atoms with Crippen molar-refractivity contribution in [1.82, 2.24) is 44.7 Å². The molecule has 5 aromatic rings. The number of fused-ring (bicyclic) bond motifs is 2. The third kappa shape index (κ3) is 8.94. The van der Waals surface area contributed by atoms with Crippen molar-refractivity contribution >= 4 is 61.8 Å². The Morgan fingerprint density at radius 3 is 2.55 bits per heavy atom. The molecule has 9 rings (SSSR count). The van der Waals surface area contributed by atoms with E-state index < -0.39 is 44.1 Å². The first-order chi connectivity index (χ1) is 31.8. The van der Waals surface area contributed by atoms with Crippen molar-refractivity contribution in [3.8, 4) is 11.4 Å². The van der Waals surface area contributed by atoms with Crippen molar-refractivity contribution in [2.24, 2.45) is 0 Å². The number of nitrogens with one attached hydrogen (secondary N) is 3. The Balaban J connectivity index is 0.724. The van der Waals surface area contributed by atoms with Gasteiger partial charge >= 0.3 is 0 Å². The summed E-state index contributed by atoms with van der Waals surface area (Å²) in [5.74, 6) is -1.51. The molecule has 1 aliphatic carbocycles. The maximum Gasteiger partial charge on any atom is 0.264 e. The molecule has 4 aromatic heterocycles. The van der Waals surface area contributed by atoms with E-state index in [9.17, 15) is 28.2 Å². The smallest absolute Gasteiger partial charge is 0.264 e. The van der Waals surface area contributed by atoms with Crippen LogP contribution in [0.15, 0.2) is 55.0 Å². The highest BCUT2D eigenvalue weighted by Gasteiger charge is 2.53. The number of piperidine rings is 1. The standard InChI is InChI=1S/C46H54N12O7S/c1-29-28-65-25-24-57(29)37-26-36(46(18-19-46)66(2,47)64)50-41(51-37)31-16-20-48-42-32(31)17-23-55(42)21-7-5-3-4-6-8-22-56-27-30(53-54-56)12-14-38(59)49-34-11-9-10-33-40(34)45(63)58(44(33)62)35-13-15-39(60)52-43(35)61/h9-11,16-17,20,23,26-27,29,35,47H,3-8,12-15,18-19,21-22,24-25,28H2,1-2H3,(H,49,59)(H,52,60,61)/t29-,35?,66?/m1/s1. The number of aromatic nitrogens is 7. The van der Waals surface area contributed by atoms with Crippen LogP contribution in [0.2, 0.25) is 0 Å². The molecule has 2 saturated heterocycles. The highest BCUT2D eigenvalue weighted by atomic mass is 32.2. The van der Waals surface area contributed by atoms with Crippen LogP contribution in [0.25, 0.3) is 22.4 Å². The minimum atomic E-state index is -2.89. The molecule has 0 bridgehead atoms. The first kappa shape index (κ1) is 44.8. The minimum absolute atomic E-state index is 0.0164. The quantitative estimate of drug-likeness (QED) is 0.0777. The Labute approximate surface area is 382 Å². The van der Waals surface area contributed by atoms with E-state index in [0.717, 1.165) is 72.4 Å². The number of benzene rings is 1. The minimum Gasteiger partial charge on any atom is -0.377 e. The second-order valence-corrected chi connectivity index (χ2v) is 20.3. The van der Waals surface area contributed by atoms with Crippen LogP contribution in [-0.2, 0) is 53.1 Å². The molecule has 20 heteroatoms. The van der Waals surface area contributed by atoms with Gasteiger partial charge in [-0.2, -0.15) is 0 Å². The van der Waals surface area contributed by atoms with Gasteiger partial charge in [0.15, 0.2) is 5.82 Å². The number of hydrogen-bond donors (Lipinski definition) is 3. The Morgan fingerprint density at radius 1 is 1.00 bits per heavy atom. The molecule has 3 fully saturated rings. The lowest BCUT2D eigenvalue weighted by molar-refractivity contribution is -0.136. The number of nitrogens with zero attached hydrogens (tertiary/aromatic N) is 9. The van der Waals surface area contributed by atoms with E-state index >= 15 is 0 Å². The SMILES string of the molecule is C[C@@H]1COCCN1c1cc(C2(S(C)(=N)=O)CC2)nc(-c2ccnc3c2ccn3CCCCCCCCn2cc(CCC(=O)Nc3cccc4c3C(=O)N(C3CCC(=O)NC3=O)C4=O)nn2)n1. The average Bonchev–Trinajstić information content (AvgIpc) is 3.75. The highest BCUT2D eigenvalue weighted by Crippen LogP contribution is 2.53. The number of ether oxygens (including phenoxy) is 1. The van der Waals surface area contributed by atoms with Crippen molar-refractivity contribution in [2.45, 2.75) is 114 Å². The van der Waals surface area contributed by atoms with E-state index in [1.165, 1.54) is 12.3 Å². The largest absolute Gasteiger partial charge is 0.377 e. The van der Waals surface area contributed by atoms with Crippen LogP contribution in [-0.4, -0.2) is 111 Å². The van der Waals surface area contributed by atoms with Gasteiger partial charge in [0.2, 0.25) is 17.7 Å². The molecular formula is C46H54N12O7S.